The van der Waals surface area contributed by atoms with Gasteiger partial charge < -0.3 is 10.1 Å². The summed E-state index contributed by atoms with van der Waals surface area (Å²) < 4.78 is 5.76. The lowest BCUT2D eigenvalue weighted by molar-refractivity contribution is -0.384. The highest BCUT2D eigenvalue weighted by Crippen LogP contribution is 2.25. The maximum atomic E-state index is 11.0. The molecule has 1 aliphatic carbocycles. The molecule has 2 rings (SSSR count). The van der Waals surface area contributed by atoms with Gasteiger partial charge in [0.1, 0.15) is 12.0 Å². The number of nitro benzene ring substituents is 1. The number of anilines is 1. The van der Waals surface area contributed by atoms with E-state index >= 15 is 0 Å². The number of benzene rings is 1. The molecule has 0 amide bonds. The van der Waals surface area contributed by atoms with Crippen LogP contribution in [-0.4, -0.2) is 30.5 Å². The molecular weight excluding hydrogens is 272 g/mol. The van der Waals surface area contributed by atoms with Crippen molar-refractivity contribution < 1.29 is 14.5 Å². The van der Waals surface area contributed by atoms with Crippen molar-refractivity contribution in [2.24, 2.45) is 0 Å². The van der Waals surface area contributed by atoms with Gasteiger partial charge in [-0.2, -0.15) is 0 Å². The van der Waals surface area contributed by atoms with Crippen molar-refractivity contribution >= 4 is 17.7 Å². The zero-order chi connectivity index (χ0) is 15.1. The second kappa shape index (κ2) is 7.73. The van der Waals surface area contributed by atoms with Gasteiger partial charge >= 0.3 is 0 Å². The molecule has 21 heavy (non-hydrogen) atoms. The minimum Gasteiger partial charge on any atom is -0.377 e. The number of hydrogen-bond acceptors (Lipinski definition) is 5. The predicted molar refractivity (Wildman–Crippen MR) is 79.8 cm³/mol. The van der Waals surface area contributed by atoms with Crippen LogP contribution in [0, 0.1) is 10.1 Å². The van der Waals surface area contributed by atoms with E-state index in [2.05, 4.69) is 5.32 Å². The number of ether oxygens (including phenoxy) is 1. The van der Waals surface area contributed by atoms with Gasteiger partial charge in [-0.05, 0) is 25.0 Å². The van der Waals surface area contributed by atoms with E-state index in [1.165, 1.54) is 25.3 Å². The van der Waals surface area contributed by atoms with Crippen LogP contribution < -0.4 is 5.32 Å². The average molecular weight is 292 g/mol. The maximum absolute atomic E-state index is 11.0. The predicted octanol–water partition coefficient (Wildman–Crippen LogP) is 3.17. The number of carbonyl (C=O) groups excluding carboxylic acids is 1. The summed E-state index contributed by atoms with van der Waals surface area (Å²) in [7, 11) is 0. The summed E-state index contributed by atoms with van der Waals surface area (Å²) >= 11 is 0. The van der Waals surface area contributed by atoms with Crippen LogP contribution in [0.3, 0.4) is 0 Å². The third-order valence-electron chi connectivity index (χ3n) is 3.68. The molecule has 0 bridgehead atoms. The van der Waals surface area contributed by atoms with Gasteiger partial charge in [-0.3, -0.25) is 14.9 Å². The smallest absolute Gasteiger partial charge is 0.293 e. The van der Waals surface area contributed by atoms with Crippen LogP contribution in [0.1, 0.15) is 42.5 Å². The van der Waals surface area contributed by atoms with E-state index in [4.69, 9.17) is 4.74 Å². The Morgan fingerprint density at radius 2 is 2.10 bits per heavy atom. The minimum absolute atomic E-state index is 0.0859. The highest BCUT2D eigenvalue weighted by molar-refractivity contribution is 5.79. The molecule has 6 nitrogen and oxygen atoms in total. The van der Waals surface area contributed by atoms with E-state index in [1.54, 1.807) is 12.1 Å². The second-order valence-corrected chi connectivity index (χ2v) is 5.21. The van der Waals surface area contributed by atoms with Crippen molar-refractivity contribution in [2.75, 3.05) is 18.5 Å². The van der Waals surface area contributed by atoms with Gasteiger partial charge in [0.25, 0.3) is 5.69 Å². The molecule has 0 spiro atoms. The van der Waals surface area contributed by atoms with Crippen LogP contribution in [-0.2, 0) is 4.74 Å². The molecule has 0 unspecified atom stereocenters. The number of rotatable bonds is 7. The number of hydrogen-bond donors (Lipinski definition) is 1. The molecule has 1 aromatic carbocycles. The third kappa shape index (κ3) is 4.53. The molecule has 114 valence electrons. The number of nitrogens with one attached hydrogen (secondary N) is 1. The number of aldehydes is 1. The maximum Gasteiger partial charge on any atom is 0.293 e. The van der Waals surface area contributed by atoms with E-state index in [0.717, 1.165) is 12.8 Å². The van der Waals surface area contributed by atoms with E-state index in [0.29, 0.717) is 36.8 Å². The molecule has 6 heteroatoms. The summed E-state index contributed by atoms with van der Waals surface area (Å²) in [5.74, 6) is 0. The number of nitro groups is 1. The standard InChI is InChI=1S/C15H20N2O4/c18-11-12-6-7-14(15(10-12)17(19)20)16-8-9-21-13-4-2-1-3-5-13/h6-7,10-11,13,16H,1-5,8-9H2. The number of carbonyl (C=O) groups is 1. The summed E-state index contributed by atoms with van der Waals surface area (Å²) in [5, 5.41) is 14.0. The normalized spacial score (nSPS) is 15.6. The van der Waals surface area contributed by atoms with Crippen LogP contribution >= 0.6 is 0 Å². The van der Waals surface area contributed by atoms with Gasteiger partial charge in [-0.15, -0.1) is 0 Å². The lowest BCUT2D eigenvalue weighted by atomic mass is 9.98. The van der Waals surface area contributed by atoms with Crippen LogP contribution in [0.4, 0.5) is 11.4 Å². The van der Waals surface area contributed by atoms with Crippen molar-refractivity contribution in [1.29, 1.82) is 0 Å². The van der Waals surface area contributed by atoms with Gasteiger partial charge in [0.15, 0.2) is 0 Å². The van der Waals surface area contributed by atoms with Crippen LogP contribution in [0.2, 0.25) is 0 Å². The highest BCUT2D eigenvalue weighted by atomic mass is 16.6. The Labute approximate surface area is 123 Å². The molecule has 1 aliphatic rings. The Morgan fingerprint density at radius 3 is 2.76 bits per heavy atom. The molecule has 0 radical (unpaired) electrons. The van der Waals surface area contributed by atoms with Gasteiger partial charge in [-0.25, -0.2) is 0 Å². The summed E-state index contributed by atoms with van der Waals surface area (Å²) in [6.07, 6.45) is 6.86. The van der Waals surface area contributed by atoms with Crippen molar-refractivity contribution in [2.45, 2.75) is 38.2 Å². The first-order chi connectivity index (χ1) is 10.2. The topological polar surface area (TPSA) is 81.5 Å². The fourth-order valence-corrected chi connectivity index (χ4v) is 2.57. The van der Waals surface area contributed by atoms with Crippen molar-refractivity contribution in [3.05, 3.63) is 33.9 Å². The molecular formula is C15H20N2O4. The molecule has 0 aromatic heterocycles. The summed E-state index contributed by atoms with van der Waals surface area (Å²) in [4.78, 5) is 21.2. The third-order valence-corrected chi connectivity index (χ3v) is 3.68. The van der Waals surface area contributed by atoms with Gasteiger partial charge in [0.05, 0.1) is 17.6 Å². The molecule has 1 aromatic rings. The van der Waals surface area contributed by atoms with Crippen LogP contribution in [0.25, 0.3) is 0 Å². The monoisotopic (exact) mass is 292 g/mol. The highest BCUT2D eigenvalue weighted by Gasteiger charge is 2.15. The Morgan fingerprint density at radius 1 is 1.33 bits per heavy atom. The number of nitrogens with zero attached hydrogens (tertiary/aromatic N) is 1. The zero-order valence-electron chi connectivity index (χ0n) is 11.9. The summed E-state index contributed by atoms with van der Waals surface area (Å²) in [6, 6.07) is 4.39. The van der Waals surface area contributed by atoms with E-state index in [9.17, 15) is 14.9 Å². The summed E-state index contributed by atoms with van der Waals surface area (Å²) in [5.41, 5.74) is 0.626. The Bertz CT molecular complexity index is 498. The first-order valence-electron chi connectivity index (χ1n) is 7.30. The Kier molecular flexibility index (Phi) is 5.68. The average Bonchev–Trinajstić information content (AvgIpc) is 2.52. The van der Waals surface area contributed by atoms with Crippen LogP contribution in [0.5, 0.6) is 0 Å². The zero-order valence-corrected chi connectivity index (χ0v) is 11.9. The molecule has 1 N–H and O–H groups in total. The lowest BCUT2D eigenvalue weighted by Crippen LogP contribution is -2.20. The molecule has 1 saturated carbocycles. The van der Waals surface area contributed by atoms with Gasteiger partial charge in [-0.1, -0.05) is 19.3 Å². The Hall–Kier alpha value is -1.95. The molecule has 0 heterocycles. The van der Waals surface area contributed by atoms with Crippen molar-refractivity contribution in [3.63, 3.8) is 0 Å². The van der Waals surface area contributed by atoms with Gasteiger partial charge in [0, 0.05) is 18.2 Å². The summed E-state index contributed by atoms with van der Waals surface area (Å²) in [6.45, 7) is 1.04. The quantitative estimate of drug-likeness (QED) is 0.361. The second-order valence-electron chi connectivity index (χ2n) is 5.21. The lowest BCUT2D eigenvalue weighted by Gasteiger charge is -2.22. The minimum atomic E-state index is -0.489. The molecule has 0 aliphatic heterocycles. The van der Waals surface area contributed by atoms with Crippen molar-refractivity contribution in [3.8, 4) is 0 Å². The SMILES string of the molecule is O=Cc1ccc(NCCOC2CCCCC2)c([N+](=O)[O-])c1. The van der Waals surface area contributed by atoms with E-state index < -0.39 is 4.92 Å². The molecule has 0 saturated heterocycles. The van der Waals surface area contributed by atoms with Gasteiger partial charge in [0.2, 0.25) is 0 Å². The fraction of sp³-hybridized carbons (Fsp3) is 0.533. The first kappa shape index (κ1) is 15.4. The molecule has 1 fully saturated rings. The van der Waals surface area contributed by atoms with E-state index in [1.807, 2.05) is 0 Å². The first-order valence-corrected chi connectivity index (χ1v) is 7.30. The largest absolute Gasteiger partial charge is 0.377 e. The van der Waals surface area contributed by atoms with Crippen LogP contribution in [0.15, 0.2) is 18.2 Å². The Balaban J connectivity index is 1.84. The van der Waals surface area contributed by atoms with E-state index in [-0.39, 0.29) is 5.69 Å². The fourth-order valence-electron chi connectivity index (χ4n) is 2.57. The molecule has 0 atom stereocenters. The van der Waals surface area contributed by atoms with Crippen molar-refractivity contribution in [1.82, 2.24) is 0 Å².